The Morgan fingerprint density at radius 3 is 2.07 bits per heavy atom. The summed E-state index contributed by atoms with van der Waals surface area (Å²) < 4.78 is 4.88. The van der Waals surface area contributed by atoms with Crippen molar-refractivity contribution in [2.45, 2.75) is 25.8 Å². The molecular formula is C23H26N4O2. The highest BCUT2D eigenvalue weighted by atomic mass is 16.5. The van der Waals surface area contributed by atoms with Crippen LogP contribution in [0.25, 0.3) is 0 Å². The molecule has 1 amide bonds. The Hall–Kier alpha value is -3.54. The molecule has 3 rings (SSSR count). The highest BCUT2D eigenvalue weighted by molar-refractivity contribution is 5.88. The van der Waals surface area contributed by atoms with Gasteiger partial charge in [0.1, 0.15) is 11.6 Å². The van der Waals surface area contributed by atoms with Crippen LogP contribution in [0.4, 0.5) is 22.1 Å². The Morgan fingerprint density at radius 1 is 0.966 bits per heavy atom. The first-order chi connectivity index (χ1) is 14.1. The molecular weight excluding hydrogens is 364 g/mol. The van der Waals surface area contributed by atoms with Crippen molar-refractivity contribution in [1.82, 2.24) is 4.98 Å². The number of rotatable bonds is 8. The van der Waals surface area contributed by atoms with Crippen LogP contribution in [0.2, 0.25) is 0 Å². The van der Waals surface area contributed by atoms with E-state index in [9.17, 15) is 4.79 Å². The molecule has 0 saturated carbocycles. The van der Waals surface area contributed by atoms with E-state index in [4.69, 9.17) is 10.5 Å². The van der Waals surface area contributed by atoms with E-state index in [2.05, 4.69) is 39.9 Å². The van der Waals surface area contributed by atoms with E-state index in [1.165, 1.54) is 11.1 Å². The van der Waals surface area contributed by atoms with Crippen LogP contribution in [-0.2, 0) is 17.6 Å². The summed E-state index contributed by atoms with van der Waals surface area (Å²) in [7, 11) is 0. The molecule has 0 fully saturated rings. The molecule has 0 radical (unpaired) electrons. The summed E-state index contributed by atoms with van der Waals surface area (Å²) in [5.74, 6) is 0.898. The lowest BCUT2D eigenvalue weighted by molar-refractivity contribution is 0.168. The first-order valence-electron chi connectivity index (χ1n) is 9.68. The number of nitrogens with zero attached hydrogens (tertiary/aromatic N) is 1. The molecule has 150 valence electrons. The lowest BCUT2D eigenvalue weighted by Gasteiger charge is -2.20. The number of nitrogens with one attached hydrogen (secondary N) is 2. The second kappa shape index (κ2) is 10.1. The maximum Gasteiger partial charge on any atom is 0.411 e. The van der Waals surface area contributed by atoms with E-state index in [1.54, 1.807) is 19.1 Å². The summed E-state index contributed by atoms with van der Waals surface area (Å²) in [6, 6.07) is 24.3. The van der Waals surface area contributed by atoms with Crippen molar-refractivity contribution in [3.63, 3.8) is 0 Å². The summed E-state index contributed by atoms with van der Waals surface area (Å²) in [6.07, 6.45) is 1.15. The maximum atomic E-state index is 11.6. The average molecular weight is 390 g/mol. The molecule has 6 nitrogen and oxygen atoms in total. The van der Waals surface area contributed by atoms with E-state index < -0.39 is 6.09 Å². The zero-order valence-electron chi connectivity index (χ0n) is 16.5. The number of aromatic nitrogens is 1. The highest BCUT2D eigenvalue weighted by Crippen LogP contribution is 2.21. The van der Waals surface area contributed by atoms with Gasteiger partial charge in [-0.3, -0.25) is 5.32 Å². The quantitative estimate of drug-likeness (QED) is 0.527. The van der Waals surface area contributed by atoms with Crippen molar-refractivity contribution in [2.24, 2.45) is 0 Å². The summed E-state index contributed by atoms with van der Waals surface area (Å²) in [5.41, 5.74) is 8.94. The highest BCUT2D eigenvalue weighted by Gasteiger charge is 2.13. The second-order valence-electron chi connectivity index (χ2n) is 6.70. The van der Waals surface area contributed by atoms with Crippen LogP contribution in [0, 0.1) is 0 Å². The Labute approximate surface area is 171 Å². The fraction of sp³-hybridized carbons (Fsp3) is 0.217. The molecule has 0 aliphatic carbocycles. The predicted molar refractivity (Wildman–Crippen MR) is 117 cm³/mol. The third kappa shape index (κ3) is 6.24. The topological polar surface area (TPSA) is 89.3 Å². The van der Waals surface area contributed by atoms with Crippen molar-refractivity contribution >= 4 is 23.4 Å². The van der Waals surface area contributed by atoms with Crippen molar-refractivity contribution < 1.29 is 9.53 Å². The number of pyridine rings is 1. The van der Waals surface area contributed by atoms with Crippen LogP contribution >= 0.6 is 0 Å². The minimum atomic E-state index is -0.548. The van der Waals surface area contributed by atoms with Gasteiger partial charge in [0, 0.05) is 6.04 Å². The summed E-state index contributed by atoms with van der Waals surface area (Å²) in [6.45, 7) is 2.03. The van der Waals surface area contributed by atoms with E-state index in [-0.39, 0.29) is 11.9 Å². The van der Waals surface area contributed by atoms with Crippen molar-refractivity contribution in [3.8, 4) is 0 Å². The Kier molecular flexibility index (Phi) is 7.05. The molecule has 4 N–H and O–H groups in total. The minimum Gasteiger partial charge on any atom is -0.450 e. The number of carbonyl (C=O) groups is 1. The Balaban J connectivity index is 1.74. The van der Waals surface area contributed by atoms with Crippen molar-refractivity contribution in [2.75, 3.05) is 23.0 Å². The van der Waals surface area contributed by atoms with Gasteiger partial charge in [-0.2, -0.15) is 0 Å². The van der Waals surface area contributed by atoms with Crippen LogP contribution in [0.3, 0.4) is 0 Å². The smallest absolute Gasteiger partial charge is 0.411 e. The third-order valence-electron chi connectivity index (χ3n) is 4.44. The number of carbonyl (C=O) groups excluding carboxylic acids is 1. The van der Waals surface area contributed by atoms with Gasteiger partial charge in [0.2, 0.25) is 0 Å². The zero-order chi connectivity index (χ0) is 20.5. The molecule has 0 atom stereocenters. The number of ether oxygens (including phenoxy) is 1. The van der Waals surface area contributed by atoms with Crippen LogP contribution in [-0.4, -0.2) is 23.7 Å². The van der Waals surface area contributed by atoms with Crippen LogP contribution in [0.1, 0.15) is 18.1 Å². The number of hydrogen-bond acceptors (Lipinski definition) is 5. The molecule has 0 bridgehead atoms. The molecule has 0 aliphatic rings. The molecule has 0 saturated heterocycles. The number of benzene rings is 2. The fourth-order valence-corrected chi connectivity index (χ4v) is 3.12. The van der Waals surface area contributed by atoms with Gasteiger partial charge in [-0.15, -0.1) is 0 Å². The van der Waals surface area contributed by atoms with E-state index >= 15 is 0 Å². The SMILES string of the molecule is CCOC(=O)Nc1ccc(NC(Cc2ccccc2)Cc2ccccc2)nc1N. The molecule has 0 aliphatic heterocycles. The van der Waals surface area contributed by atoms with Gasteiger partial charge in [-0.1, -0.05) is 60.7 Å². The van der Waals surface area contributed by atoms with Crippen LogP contribution < -0.4 is 16.4 Å². The molecule has 0 spiro atoms. The largest absolute Gasteiger partial charge is 0.450 e. The molecule has 0 unspecified atom stereocenters. The molecule has 29 heavy (non-hydrogen) atoms. The monoisotopic (exact) mass is 390 g/mol. The zero-order valence-corrected chi connectivity index (χ0v) is 16.5. The van der Waals surface area contributed by atoms with E-state index in [0.717, 1.165) is 12.8 Å². The minimum absolute atomic E-state index is 0.135. The van der Waals surface area contributed by atoms with Gasteiger partial charge in [-0.05, 0) is 43.0 Å². The van der Waals surface area contributed by atoms with Gasteiger partial charge in [0.25, 0.3) is 0 Å². The van der Waals surface area contributed by atoms with Crippen molar-refractivity contribution in [3.05, 3.63) is 83.9 Å². The number of anilines is 3. The standard InChI is InChI=1S/C23H26N4O2/c1-2-29-23(28)26-20-13-14-21(27-22(20)24)25-19(15-17-9-5-3-6-10-17)16-18-11-7-4-8-12-18/h3-14,19H,2,15-16H2,1H3,(H,26,28)(H3,24,25,27). The van der Waals surface area contributed by atoms with Gasteiger partial charge >= 0.3 is 6.09 Å². The van der Waals surface area contributed by atoms with Crippen LogP contribution in [0.5, 0.6) is 0 Å². The number of nitrogens with two attached hydrogens (primary N) is 1. The average Bonchev–Trinajstić information content (AvgIpc) is 2.72. The Morgan fingerprint density at radius 2 is 1.55 bits per heavy atom. The molecule has 6 heteroatoms. The lowest BCUT2D eigenvalue weighted by Crippen LogP contribution is -2.26. The predicted octanol–water partition coefficient (Wildman–Crippen LogP) is 4.50. The molecule has 1 aromatic heterocycles. The first kappa shape index (κ1) is 20.2. The lowest BCUT2D eigenvalue weighted by atomic mass is 9.99. The second-order valence-corrected chi connectivity index (χ2v) is 6.70. The number of hydrogen-bond donors (Lipinski definition) is 3. The summed E-state index contributed by atoms with van der Waals surface area (Å²) in [4.78, 5) is 16.0. The van der Waals surface area contributed by atoms with Gasteiger partial charge < -0.3 is 15.8 Å². The molecule has 2 aromatic carbocycles. The molecule has 1 heterocycles. The van der Waals surface area contributed by atoms with Crippen LogP contribution in [0.15, 0.2) is 72.8 Å². The first-order valence-corrected chi connectivity index (χ1v) is 9.68. The normalized spacial score (nSPS) is 10.6. The van der Waals surface area contributed by atoms with Gasteiger partial charge in [-0.25, -0.2) is 9.78 Å². The van der Waals surface area contributed by atoms with Crippen molar-refractivity contribution in [1.29, 1.82) is 0 Å². The van der Waals surface area contributed by atoms with Gasteiger partial charge in [0.05, 0.1) is 12.3 Å². The van der Waals surface area contributed by atoms with E-state index in [1.807, 2.05) is 36.4 Å². The third-order valence-corrected chi connectivity index (χ3v) is 4.44. The maximum absolute atomic E-state index is 11.6. The summed E-state index contributed by atoms with van der Waals surface area (Å²) >= 11 is 0. The Bertz CT molecular complexity index is 875. The number of amides is 1. The van der Waals surface area contributed by atoms with E-state index in [0.29, 0.717) is 18.1 Å². The fourth-order valence-electron chi connectivity index (χ4n) is 3.12. The van der Waals surface area contributed by atoms with Gasteiger partial charge in [0.15, 0.2) is 0 Å². The summed E-state index contributed by atoms with van der Waals surface area (Å²) in [5, 5.41) is 6.08. The number of nitrogen functional groups attached to an aromatic ring is 1. The molecule has 3 aromatic rings.